The third kappa shape index (κ3) is 3.00. The molecule has 0 aliphatic heterocycles. The molecule has 0 fully saturated rings. The Balaban J connectivity index is 2.29. The molecule has 104 valence electrons. The zero-order valence-corrected chi connectivity index (χ0v) is 12.0. The molecule has 1 amide bonds. The molecule has 0 bridgehead atoms. The Kier molecular flexibility index (Phi) is 4.09. The van der Waals surface area contributed by atoms with Gasteiger partial charge in [0.2, 0.25) is 0 Å². The number of aromatic nitrogens is 1. The Hall–Kier alpha value is -2.28. The van der Waals surface area contributed by atoms with E-state index in [1.54, 1.807) is 12.3 Å². The molecule has 0 spiro atoms. The number of carbonyl (C=O) groups is 2. The van der Waals surface area contributed by atoms with Gasteiger partial charge in [-0.05, 0) is 40.2 Å². The van der Waals surface area contributed by atoms with E-state index in [0.29, 0.717) is 17.1 Å². The summed E-state index contributed by atoms with van der Waals surface area (Å²) in [6, 6.07) is 5.85. The molecule has 1 aromatic heterocycles. The van der Waals surface area contributed by atoms with E-state index in [0.717, 1.165) is 4.47 Å². The topological polar surface area (TPSA) is 91.4 Å². The van der Waals surface area contributed by atoms with Crippen molar-refractivity contribution in [1.82, 2.24) is 4.98 Å². The quantitative estimate of drug-likeness (QED) is 0.799. The fourth-order valence-electron chi connectivity index (χ4n) is 1.63. The molecule has 0 saturated carbocycles. The van der Waals surface area contributed by atoms with Crippen LogP contribution in [0.5, 0.6) is 5.75 Å². The van der Waals surface area contributed by atoms with Crippen molar-refractivity contribution in [2.24, 2.45) is 0 Å². The fourth-order valence-corrected chi connectivity index (χ4v) is 1.97. The molecular formula is C13H11BrN2O4. The number of hydrogen-bond donors (Lipinski definition) is 3. The van der Waals surface area contributed by atoms with Crippen LogP contribution in [0.1, 0.15) is 20.8 Å². The molecule has 20 heavy (non-hydrogen) atoms. The molecule has 0 radical (unpaired) electrons. The summed E-state index contributed by atoms with van der Waals surface area (Å²) in [6.07, 6.45) is 1.62. The molecule has 0 unspecified atom stereocenters. The summed E-state index contributed by atoms with van der Waals surface area (Å²) >= 11 is 3.23. The van der Waals surface area contributed by atoms with Crippen LogP contribution in [0.15, 0.2) is 34.9 Å². The first-order valence-electron chi connectivity index (χ1n) is 5.58. The molecule has 0 saturated heterocycles. The average molecular weight is 339 g/mol. The Morgan fingerprint density at radius 3 is 2.65 bits per heavy atom. The van der Waals surface area contributed by atoms with Gasteiger partial charge >= 0.3 is 5.97 Å². The molecule has 0 aliphatic rings. The van der Waals surface area contributed by atoms with Crippen molar-refractivity contribution in [2.45, 2.75) is 0 Å². The van der Waals surface area contributed by atoms with Gasteiger partial charge in [0, 0.05) is 10.7 Å². The number of halogens is 1. The van der Waals surface area contributed by atoms with Crippen molar-refractivity contribution >= 4 is 33.5 Å². The predicted molar refractivity (Wildman–Crippen MR) is 76.4 cm³/mol. The maximum Gasteiger partial charge on any atom is 0.335 e. The van der Waals surface area contributed by atoms with E-state index >= 15 is 0 Å². The Morgan fingerprint density at radius 1 is 1.35 bits per heavy atom. The van der Waals surface area contributed by atoms with Crippen LogP contribution in [-0.2, 0) is 0 Å². The monoisotopic (exact) mass is 338 g/mol. The minimum absolute atomic E-state index is 0.0637. The molecule has 2 aromatic rings. The number of benzene rings is 1. The highest BCUT2D eigenvalue weighted by Gasteiger charge is 2.13. The number of rotatable bonds is 4. The number of ether oxygens (including phenoxy) is 1. The highest BCUT2D eigenvalue weighted by molar-refractivity contribution is 9.10. The number of anilines is 1. The number of carboxylic acids is 1. The summed E-state index contributed by atoms with van der Waals surface area (Å²) in [5, 5.41) is 11.6. The Morgan fingerprint density at radius 2 is 2.10 bits per heavy atom. The van der Waals surface area contributed by atoms with Gasteiger partial charge in [0.05, 0.1) is 18.4 Å². The van der Waals surface area contributed by atoms with Crippen LogP contribution in [-0.4, -0.2) is 29.1 Å². The van der Waals surface area contributed by atoms with Gasteiger partial charge in [-0.2, -0.15) is 0 Å². The van der Waals surface area contributed by atoms with E-state index in [4.69, 9.17) is 9.84 Å². The molecule has 1 aromatic carbocycles. The Bertz CT molecular complexity index is 666. The maximum atomic E-state index is 12.0. The van der Waals surface area contributed by atoms with E-state index in [1.807, 2.05) is 0 Å². The number of H-pyrrole nitrogens is 1. The summed E-state index contributed by atoms with van der Waals surface area (Å²) in [5.41, 5.74) is 0.705. The van der Waals surface area contributed by atoms with Crippen molar-refractivity contribution in [3.8, 4) is 5.75 Å². The van der Waals surface area contributed by atoms with Gasteiger partial charge in [-0.15, -0.1) is 0 Å². The van der Waals surface area contributed by atoms with Crippen molar-refractivity contribution in [3.05, 3.63) is 46.2 Å². The summed E-state index contributed by atoms with van der Waals surface area (Å²) in [6.45, 7) is 0. The van der Waals surface area contributed by atoms with Gasteiger partial charge in [-0.1, -0.05) is 0 Å². The highest BCUT2D eigenvalue weighted by Crippen LogP contribution is 2.26. The molecular weight excluding hydrogens is 328 g/mol. The largest absolute Gasteiger partial charge is 0.495 e. The second-order valence-corrected chi connectivity index (χ2v) is 4.82. The Labute approximate surface area is 122 Å². The van der Waals surface area contributed by atoms with Gasteiger partial charge < -0.3 is 20.1 Å². The summed E-state index contributed by atoms with van der Waals surface area (Å²) in [4.78, 5) is 25.7. The number of hydrogen-bond acceptors (Lipinski definition) is 3. The number of aromatic carboxylic acids is 1. The molecule has 3 N–H and O–H groups in total. The number of carbonyl (C=O) groups excluding carboxylic acids is 1. The van der Waals surface area contributed by atoms with E-state index in [2.05, 4.69) is 26.2 Å². The minimum Gasteiger partial charge on any atom is -0.495 e. The average Bonchev–Trinajstić information content (AvgIpc) is 2.85. The SMILES string of the molecule is COc1ccc(C(=O)O)cc1NC(=O)c1cc(Br)c[nH]1. The third-order valence-corrected chi connectivity index (χ3v) is 3.04. The minimum atomic E-state index is -1.08. The van der Waals surface area contributed by atoms with Crippen LogP contribution in [0.25, 0.3) is 0 Å². The number of amides is 1. The zero-order valence-electron chi connectivity index (χ0n) is 10.4. The first kappa shape index (κ1) is 14.1. The maximum absolute atomic E-state index is 12.0. The third-order valence-electron chi connectivity index (χ3n) is 2.59. The van der Waals surface area contributed by atoms with Gasteiger partial charge in [-0.25, -0.2) is 4.79 Å². The predicted octanol–water partition coefficient (Wildman–Crippen LogP) is 2.74. The first-order chi connectivity index (χ1) is 9.51. The van der Waals surface area contributed by atoms with Crippen molar-refractivity contribution in [1.29, 1.82) is 0 Å². The lowest BCUT2D eigenvalue weighted by Gasteiger charge is -2.10. The second-order valence-electron chi connectivity index (χ2n) is 3.91. The van der Waals surface area contributed by atoms with Crippen LogP contribution in [0, 0.1) is 0 Å². The van der Waals surface area contributed by atoms with Gasteiger partial charge in [0.25, 0.3) is 5.91 Å². The van der Waals surface area contributed by atoms with Gasteiger partial charge in [0.1, 0.15) is 11.4 Å². The highest BCUT2D eigenvalue weighted by atomic mass is 79.9. The van der Waals surface area contributed by atoms with Crippen LogP contribution in [0.4, 0.5) is 5.69 Å². The summed E-state index contributed by atoms with van der Waals surface area (Å²) in [7, 11) is 1.44. The van der Waals surface area contributed by atoms with Crippen molar-refractivity contribution in [2.75, 3.05) is 12.4 Å². The van der Waals surface area contributed by atoms with Crippen LogP contribution in [0.2, 0.25) is 0 Å². The summed E-state index contributed by atoms with van der Waals surface area (Å²) in [5.74, 6) is -1.09. The molecule has 0 aliphatic carbocycles. The smallest absolute Gasteiger partial charge is 0.335 e. The number of methoxy groups -OCH3 is 1. The molecule has 7 heteroatoms. The van der Waals surface area contributed by atoms with Gasteiger partial charge in [-0.3, -0.25) is 4.79 Å². The number of carboxylic acid groups (broad SMARTS) is 1. The second kappa shape index (κ2) is 5.79. The van der Waals surface area contributed by atoms with Crippen LogP contribution >= 0.6 is 15.9 Å². The number of nitrogens with one attached hydrogen (secondary N) is 2. The van der Waals surface area contributed by atoms with E-state index in [-0.39, 0.29) is 5.56 Å². The standard InChI is InChI=1S/C13H11BrN2O4/c1-20-11-3-2-7(13(18)19)4-9(11)16-12(17)10-5-8(14)6-15-10/h2-6,15H,1H3,(H,16,17)(H,18,19). The van der Waals surface area contributed by atoms with Crippen LogP contribution in [0.3, 0.4) is 0 Å². The van der Waals surface area contributed by atoms with E-state index in [1.165, 1.54) is 25.3 Å². The zero-order chi connectivity index (χ0) is 14.7. The van der Waals surface area contributed by atoms with Gasteiger partial charge in [0.15, 0.2) is 0 Å². The first-order valence-corrected chi connectivity index (χ1v) is 6.37. The van der Waals surface area contributed by atoms with Crippen molar-refractivity contribution < 1.29 is 19.4 Å². The lowest BCUT2D eigenvalue weighted by Crippen LogP contribution is -2.13. The summed E-state index contributed by atoms with van der Waals surface area (Å²) < 4.78 is 5.84. The molecule has 2 rings (SSSR count). The fraction of sp³-hybridized carbons (Fsp3) is 0.0769. The van der Waals surface area contributed by atoms with E-state index in [9.17, 15) is 9.59 Å². The molecule has 1 heterocycles. The molecule has 6 nitrogen and oxygen atoms in total. The lowest BCUT2D eigenvalue weighted by molar-refractivity contribution is 0.0696. The lowest BCUT2D eigenvalue weighted by atomic mass is 10.2. The van der Waals surface area contributed by atoms with Crippen molar-refractivity contribution in [3.63, 3.8) is 0 Å². The molecule has 0 atom stereocenters. The normalized spacial score (nSPS) is 10.1. The van der Waals surface area contributed by atoms with Crippen LogP contribution < -0.4 is 10.1 Å². The number of aromatic amines is 1. The van der Waals surface area contributed by atoms with E-state index < -0.39 is 11.9 Å².